The molecule has 0 aromatic heterocycles. The van der Waals surface area contributed by atoms with E-state index in [2.05, 4.69) is 9.44 Å². The van der Waals surface area contributed by atoms with Gasteiger partial charge in [0.25, 0.3) is 0 Å². The lowest BCUT2D eigenvalue weighted by atomic mass is 10.1. The summed E-state index contributed by atoms with van der Waals surface area (Å²) in [6.07, 6.45) is 0. The Balaban J connectivity index is 3.14. The van der Waals surface area contributed by atoms with E-state index in [1.165, 1.54) is 13.8 Å². The van der Waals surface area contributed by atoms with Crippen molar-refractivity contribution >= 4 is 25.7 Å². The van der Waals surface area contributed by atoms with Crippen LogP contribution in [0.2, 0.25) is 0 Å². The number of benzene rings is 1. The first kappa shape index (κ1) is 19.8. The van der Waals surface area contributed by atoms with Gasteiger partial charge in [-0.3, -0.25) is 4.72 Å². The zero-order valence-electron chi connectivity index (χ0n) is 13.4. The van der Waals surface area contributed by atoms with Crippen molar-refractivity contribution < 1.29 is 21.2 Å². The van der Waals surface area contributed by atoms with Crippen molar-refractivity contribution in [2.24, 2.45) is 5.73 Å². The van der Waals surface area contributed by atoms with Gasteiger partial charge in [0.15, 0.2) is 0 Å². The number of anilines is 1. The van der Waals surface area contributed by atoms with Gasteiger partial charge in [-0.05, 0) is 45.9 Å². The Morgan fingerprint density at radius 1 is 1.22 bits per heavy atom. The normalized spacial score (nSPS) is 13.3. The molecule has 0 unspecified atom stereocenters. The standard InChI is InChI=1S/C13H22FN3O4S2/c1-9(2)22(18,19)16-12-6-5-10(7-11(12)14)23(20,21)17-13(3,4)8-15/h5-7,9,16-17H,8,15H2,1-4H3. The quantitative estimate of drug-likeness (QED) is 0.664. The number of nitrogens with two attached hydrogens (primary N) is 1. The maximum absolute atomic E-state index is 14.0. The van der Waals surface area contributed by atoms with E-state index in [0.717, 1.165) is 18.2 Å². The first-order valence-corrected chi connectivity index (χ1v) is 9.89. The molecule has 0 saturated heterocycles. The van der Waals surface area contributed by atoms with Gasteiger partial charge in [-0.2, -0.15) is 0 Å². The third kappa shape index (κ3) is 5.13. The molecule has 0 heterocycles. The monoisotopic (exact) mass is 367 g/mol. The van der Waals surface area contributed by atoms with Gasteiger partial charge in [0.2, 0.25) is 20.0 Å². The number of hydrogen-bond donors (Lipinski definition) is 3. The van der Waals surface area contributed by atoms with Crippen LogP contribution in [0.25, 0.3) is 0 Å². The molecule has 0 aliphatic heterocycles. The number of nitrogens with one attached hydrogen (secondary N) is 2. The lowest BCUT2D eigenvalue weighted by Crippen LogP contribution is -2.48. The zero-order valence-corrected chi connectivity index (χ0v) is 15.1. The van der Waals surface area contributed by atoms with Crippen molar-refractivity contribution in [1.29, 1.82) is 0 Å². The third-order valence-corrected chi connectivity index (χ3v) is 6.49. The molecule has 7 nitrogen and oxygen atoms in total. The summed E-state index contributed by atoms with van der Waals surface area (Å²) < 4.78 is 66.3. The molecule has 0 atom stereocenters. The predicted molar refractivity (Wildman–Crippen MR) is 87.5 cm³/mol. The molecule has 0 radical (unpaired) electrons. The summed E-state index contributed by atoms with van der Waals surface area (Å²) in [4.78, 5) is -0.316. The molecule has 0 saturated carbocycles. The summed E-state index contributed by atoms with van der Waals surface area (Å²) in [7, 11) is -7.70. The molecular formula is C13H22FN3O4S2. The number of sulfonamides is 2. The second-order valence-corrected chi connectivity index (χ2v) is 9.95. The largest absolute Gasteiger partial charge is 0.329 e. The van der Waals surface area contributed by atoms with Gasteiger partial charge in [0.1, 0.15) is 5.82 Å². The highest BCUT2D eigenvalue weighted by atomic mass is 32.2. The van der Waals surface area contributed by atoms with Crippen LogP contribution in [0.5, 0.6) is 0 Å². The maximum atomic E-state index is 14.0. The molecule has 132 valence electrons. The van der Waals surface area contributed by atoms with E-state index < -0.39 is 36.7 Å². The molecule has 0 bridgehead atoms. The van der Waals surface area contributed by atoms with E-state index in [4.69, 9.17) is 5.73 Å². The van der Waals surface area contributed by atoms with Gasteiger partial charge in [-0.1, -0.05) is 0 Å². The van der Waals surface area contributed by atoms with E-state index in [0.29, 0.717) is 0 Å². The predicted octanol–water partition coefficient (Wildman–Crippen LogP) is 0.991. The average Bonchev–Trinajstić information content (AvgIpc) is 2.39. The Hall–Kier alpha value is -1.23. The fourth-order valence-electron chi connectivity index (χ4n) is 1.48. The summed E-state index contributed by atoms with van der Waals surface area (Å²) in [6.45, 7) is 6.12. The second kappa shape index (κ2) is 6.71. The van der Waals surface area contributed by atoms with Crippen LogP contribution in [0.15, 0.2) is 23.1 Å². The Morgan fingerprint density at radius 2 is 1.78 bits per heavy atom. The van der Waals surface area contributed by atoms with E-state index in [1.54, 1.807) is 13.8 Å². The van der Waals surface area contributed by atoms with Crippen LogP contribution in [0.4, 0.5) is 10.1 Å². The highest BCUT2D eigenvalue weighted by molar-refractivity contribution is 7.93. The Kier molecular flexibility index (Phi) is 5.79. The van der Waals surface area contributed by atoms with Crippen molar-refractivity contribution in [2.75, 3.05) is 11.3 Å². The number of hydrogen-bond acceptors (Lipinski definition) is 5. The maximum Gasteiger partial charge on any atom is 0.241 e. The summed E-state index contributed by atoms with van der Waals surface area (Å²) in [5, 5.41) is -0.752. The second-order valence-electron chi connectivity index (χ2n) is 6.03. The zero-order chi connectivity index (χ0) is 18.1. The van der Waals surface area contributed by atoms with E-state index in [9.17, 15) is 21.2 Å². The SMILES string of the molecule is CC(C)S(=O)(=O)Nc1ccc(S(=O)(=O)NC(C)(C)CN)cc1F. The Labute approximate surface area is 136 Å². The molecule has 1 aromatic carbocycles. The lowest BCUT2D eigenvalue weighted by molar-refractivity contribution is 0.462. The summed E-state index contributed by atoms with van der Waals surface area (Å²) in [5.74, 6) is -0.984. The molecular weight excluding hydrogens is 345 g/mol. The van der Waals surface area contributed by atoms with Gasteiger partial charge < -0.3 is 5.73 Å². The fourth-order valence-corrected chi connectivity index (χ4v) is 3.62. The highest BCUT2D eigenvalue weighted by Crippen LogP contribution is 2.21. The first-order chi connectivity index (χ1) is 10.3. The fraction of sp³-hybridized carbons (Fsp3) is 0.538. The Morgan fingerprint density at radius 3 is 2.22 bits per heavy atom. The molecule has 0 spiro atoms. The molecule has 0 aliphatic rings. The van der Waals surface area contributed by atoms with Crippen LogP contribution in [0.3, 0.4) is 0 Å². The topological polar surface area (TPSA) is 118 Å². The minimum absolute atomic E-state index is 0.0565. The van der Waals surface area contributed by atoms with Gasteiger partial charge in [0.05, 0.1) is 15.8 Å². The molecule has 10 heteroatoms. The van der Waals surface area contributed by atoms with E-state index in [1.807, 2.05) is 0 Å². The average molecular weight is 367 g/mol. The van der Waals surface area contributed by atoms with Crippen molar-refractivity contribution in [3.05, 3.63) is 24.0 Å². The summed E-state index contributed by atoms with van der Waals surface area (Å²) in [5.41, 5.74) is 4.26. The third-order valence-electron chi connectivity index (χ3n) is 3.04. The van der Waals surface area contributed by atoms with Gasteiger partial charge in [-0.15, -0.1) is 0 Å². The van der Waals surface area contributed by atoms with E-state index in [-0.39, 0.29) is 17.1 Å². The number of rotatable bonds is 7. The van der Waals surface area contributed by atoms with E-state index >= 15 is 0 Å². The minimum atomic E-state index is -3.98. The molecule has 0 fully saturated rings. The summed E-state index contributed by atoms with van der Waals surface area (Å²) >= 11 is 0. The molecule has 4 N–H and O–H groups in total. The van der Waals surface area contributed by atoms with Gasteiger partial charge in [-0.25, -0.2) is 25.9 Å². The smallest absolute Gasteiger partial charge is 0.241 e. The van der Waals surface area contributed by atoms with Crippen molar-refractivity contribution in [3.8, 4) is 0 Å². The first-order valence-electron chi connectivity index (χ1n) is 6.86. The number of halogens is 1. The van der Waals surface area contributed by atoms with Crippen molar-refractivity contribution in [3.63, 3.8) is 0 Å². The molecule has 0 amide bonds. The summed E-state index contributed by atoms with van der Waals surface area (Å²) in [6, 6.07) is 2.95. The lowest BCUT2D eigenvalue weighted by Gasteiger charge is -2.24. The van der Waals surface area contributed by atoms with Gasteiger partial charge in [0, 0.05) is 12.1 Å². The molecule has 23 heavy (non-hydrogen) atoms. The van der Waals surface area contributed by atoms with Crippen molar-refractivity contribution in [1.82, 2.24) is 4.72 Å². The molecule has 1 aromatic rings. The van der Waals surface area contributed by atoms with Crippen LogP contribution < -0.4 is 15.2 Å². The van der Waals surface area contributed by atoms with Crippen LogP contribution >= 0.6 is 0 Å². The van der Waals surface area contributed by atoms with Crippen LogP contribution in [-0.2, 0) is 20.0 Å². The molecule has 0 aliphatic carbocycles. The van der Waals surface area contributed by atoms with Crippen LogP contribution in [0, 0.1) is 5.82 Å². The van der Waals surface area contributed by atoms with Gasteiger partial charge >= 0.3 is 0 Å². The highest BCUT2D eigenvalue weighted by Gasteiger charge is 2.26. The van der Waals surface area contributed by atoms with Crippen molar-refractivity contribution in [2.45, 2.75) is 43.4 Å². The minimum Gasteiger partial charge on any atom is -0.329 e. The van der Waals surface area contributed by atoms with Crippen LogP contribution in [0.1, 0.15) is 27.7 Å². The molecule has 1 rings (SSSR count). The van der Waals surface area contributed by atoms with Crippen LogP contribution in [-0.4, -0.2) is 34.2 Å². The Bertz CT molecular complexity index is 774.